The van der Waals surface area contributed by atoms with E-state index in [0.717, 1.165) is 0 Å². The summed E-state index contributed by atoms with van der Waals surface area (Å²) in [5.74, 6) is 0.710. The first kappa shape index (κ1) is 21.2. The Balaban J connectivity index is 2.12. The SMILES string of the molecule is CCCOc1ccc(/C=N/NS(=O)(=O)c2ccc(OCC)cc2)cc1[N+](=O)[O-]. The summed E-state index contributed by atoms with van der Waals surface area (Å²) in [6.45, 7) is 4.55. The normalized spacial score (nSPS) is 11.4. The molecular formula is C18H21N3O6S. The highest BCUT2D eigenvalue weighted by Crippen LogP contribution is 2.27. The van der Waals surface area contributed by atoms with Crippen molar-refractivity contribution >= 4 is 21.9 Å². The molecule has 0 radical (unpaired) electrons. The average Bonchev–Trinajstić information content (AvgIpc) is 2.67. The molecule has 0 atom stereocenters. The van der Waals surface area contributed by atoms with Gasteiger partial charge in [0.25, 0.3) is 10.0 Å². The molecule has 2 rings (SSSR count). The first-order chi connectivity index (χ1) is 13.4. The number of nitro benzene ring substituents is 1. The Morgan fingerprint density at radius 1 is 1.14 bits per heavy atom. The molecule has 2 aromatic rings. The van der Waals surface area contributed by atoms with E-state index >= 15 is 0 Å². The molecule has 0 amide bonds. The molecule has 2 aromatic carbocycles. The van der Waals surface area contributed by atoms with Crippen molar-refractivity contribution in [2.45, 2.75) is 25.2 Å². The highest BCUT2D eigenvalue weighted by Gasteiger charge is 2.16. The predicted octanol–water partition coefficient (Wildman–Crippen LogP) is 3.09. The molecule has 0 fully saturated rings. The molecule has 10 heteroatoms. The van der Waals surface area contributed by atoms with E-state index in [1.807, 2.05) is 13.8 Å². The second kappa shape index (κ2) is 9.70. The quantitative estimate of drug-likeness (QED) is 0.367. The molecule has 28 heavy (non-hydrogen) atoms. The Morgan fingerprint density at radius 2 is 1.86 bits per heavy atom. The van der Waals surface area contributed by atoms with Crippen molar-refractivity contribution in [3.8, 4) is 11.5 Å². The van der Waals surface area contributed by atoms with Crippen molar-refractivity contribution in [1.82, 2.24) is 4.83 Å². The lowest BCUT2D eigenvalue weighted by atomic mass is 10.2. The maximum absolute atomic E-state index is 12.2. The molecule has 9 nitrogen and oxygen atoms in total. The van der Waals surface area contributed by atoms with Gasteiger partial charge in [0.1, 0.15) is 5.75 Å². The van der Waals surface area contributed by atoms with Crippen molar-refractivity contribution in [2.24, 2.45) is 5.10 Å². The fourth-order valence-electron chi connectivity index (χ4n) is 2.20. The predicted molar refractivity (Wildman–Crippen MR) is 104 cm³/mol. The van der Waals surface area contributed by atoms with E-state index in [9.17, 15) is 18.5 Å². The minimum absolute atomic E-state index is 0.0161. The van der Waals surface area contributed by atoms with E-state index in [4.69, 9.17) is 9.47 Å². The molecule has 0 bridgehead atoms. The van der Waals surface area contributed by atoms with Crippen LogP contribution in [0.15, 0.2) is 52.5 Å². The van der Waals surface area contributed by atoms with Crippen molar-refractivity contribution in [2.75, 3.05) is 13.2 Å². The van der Waals surface area contributed by atoms with Gasteiger partial charge in [-0.3, -0.25) is 10.1 Å². The van der Waals surface area contributed by atoms with Crippen LogP contribution < -0.4 is 14.3 Å². The summed E-state index contributed by atoms with van der Waals surface area (Å²) in [5, 5.41) is 14.9. The number of sulfonamides is 1. The third kappa shape index (κ3) is 5.68. The van der Waals surface area contributed by atoms with E-state index in [2.05, 4.69) is 9.93 Å². The number of hydrazone groups is 1. The largest absolute Gasteiger partial charge is 0.494 e. The lowest BCUT2D eigenvalue weighted by Gasteiger charge is -2.06. The van der Waals surface area contributed by atoms with Crippen molar-refractivity contribution < 1.29 is 22.8 Å². The van der Waals surface area contributed by atoms with Crippen molar-refractivity contribution in [3.63, 3.8) is 0 Å². The molecule has 0 saturated heterocycles. The second-order valence-corrected chi connectivity index (χ2v) is 7.25. The van der Waals surface area contributed by atoms with Crippen LogP contribution in [0, 0.1) is 10.1 Å². The van der Waals surface area contributed by atoms with Crippen LogP contribution in [0.2, 0.25) is 0 Å². The number of ether oxygens (including phenoxy) is 2. The Morgan fingerprint density at radius 3 is 2.46 bits per heavy atom. The number of rotatable bonds is 10. The topological polar surface area (TPSA) is 120 Å². The zero-order valence-corrected chi connectivity index (χ0v) is 16.3. The van der Waals surface area contributed by atoms with Crippen LogP contribution in [0.3, 0.4) is 0 Å². The Labute approximate surface area is 163 Å². The molecule has 0 saturated carbocycles. The van der Waals surface area contributed by atoms with Crippen LogP contribution in [0.25, 0.3) is 0 Å². The number of nitrogens with one attached hydrogen (secondary N) is 1. The molecule has 0 aliphatic heterocycles. The van der Waals surface area contributed by atoms with Gasteiger partial charge in [-0.05, 0) is 49.7 Å². The number of hydrogen-bond acceptors (Lipinski definition) is 7. The Hall–Kier alpha value is -3.14. The third-order valence-corrected chi connectivity index (χ3v) is 4.71. The van der Waals surface area contributed by atoms with E-state index in [0.29, 0.717) is 30.9 Å². The first-order valence-electron chi connectivity index (χ1n) is 8.56. The zero-order valence-electron chi connectivity index (χ0n) is 15.5. The average molecular weight is 407 g/mol. The van der Waals surface area contributed by atoms with Gasteiger partial charge >= 0.3 is 5.69 Å². The van der Waals surface area contributed by atoms with Crippen LogP contribution in [0.4, 0.5) is 5.69 Å². The summed E-state index contributed by atoms with van der Waals surface area (Å²) < 4.78 is 35.1. The van der Waals surface area contributed by atoms with Gasteiger partial charge in [-0.25, -0.2) is 4.83 Å². The van der Waals surface area contributed by atoms with Gasteiger partial charge in [0, 0.05) is 11.6 Å². The molecule has 0 heterocycles. The smallest absolute Gasteiger partial charge is 0.311 e. The van der Waals surface area contributed by atoms with Crippen LogP contribution in [0.1, 0.15) is 25.8 Å². The number of nitrogens with zero attached hydrogens (tertiary/aromatic N) is 2. The number of nitro groups is 1. The lowest BCUT2D eigenvalue weighted by molar-refractivity contribution is -0.385. The van der Waals surface area contributed by atoms with Gasteiger partial charge in [-0.2, -0.15) is 13.5 Å². The monoisotopic (exact) mass is 407 g/mol. The van der Waals surface area contributed by atoms with Crippen molar-refractivity contribution in [3.05, 3.63) is 58.1 Å². The second-order valence-electron chi connectivity index (χ2n) is 5.59. The van der Waals surface area contributed by atoms with E-state index in [1.54, 1.807) is 18.2 Å². The highest BCUT2D eigenvalue weighted by molar-refractivity contribution is 7.89. The Kier molecular flexibility index (Phi) is 7.33. The summed E-state index contributed by atoms with van der Waals surface area (Å²) in [7, 11) is -3.87. The van der Waals surface area contributed by atoms with E-state index < -0.39 is 14.9 Å². The summed E-state index contributed by atoms with van der Waals surface area (Å²) in [6.07, 6.45) is 1.90. The third-order valence-electron chi connectivity index (χ3n) is 3.47. The van der Waals surface area contributed by atoms with Gasteiger partial charge < -0.3 is 9.47 Å². The molecule has 0 aromatic heterocycles. The lowest BCUT2D eigenvalue weighted by Crippen LogP contribution is -2.18. The number of hydrogen-bond donors (Lipinski definition) is 1. The van der Waals surface area contributed by atoms with Crippen LogP contribution in [-0.2, 0) is 10.0 Å². The summed E-state index contributed by atoms with van der Waals surface area (Å²) >= 11 is 0. The van der Waals surface area contributed by atoms with Gasteiger partial charge in [-0.1, -0.05) is 6.92 Å². The molecule has 1 N–H and O–H groups in total. The van der Waals surface area contributed by atoms with Gasteiger partial charge in [0.05, 0.1) is 29.2 Å². The molecule has 150 valence electrons. The maximum Gasteiger partial charge on any atom is 0.311 e. The fourth-order valence-corrected chi connectivity index (χ4v) is 2.99. The Bertz CT molecular complexity index is 942. The van der Waals surface area contributed by atoms with Gasteiger partial charge in [0.15, 0.2) is 5.75 Å². The first-order valence-corrected chi connectivity index (χ1v) is 10.0. The van der Waals surface area contributed by atoms with Crippen LogP contribution in [0.5, 0.6) is 11.5 Å². The van der Waals surface area contributed by atoms with Crippen LogP contribution >= 0.6 is 0 Å². The molecule has 0 unspecified atom stereocenters. The molecule has 0 aliphatic rings. The van der Waals surface area contributed by atoms with Gasteiger partial charge in [-0.15, -0.1) is 0 Å². The summed E-state index contributed by atoms with van der Waals surface area (Å²) in [6, 6.07) is 10.1. The zero-order chi connectivity index (χ0) is 20.6. The van der Waals surface area contributed by atoms with Gasteiger partial charge in [0.2, 0.25) is 0 Å². The van der Waals surface area contributed by atoms with Crippen molar-refractivity contribution in [1.29, 1.82) is 0 Å². The number of benzene rings is 2. The fraction of sp³-hybridized carbons (Fsp3) is 0.278. The standard InChI is InChI=1S/C18H21N3O6S/c1-3-11-27-18-10-5-14(12-17(18)21(22)23)13-19-20-28(24,25)16-8-6-15(7-9-16)26-4-2/h5-10,12-13,20H,3-4,11H2,1-2H3/b19-13+. The minimum Gasteiger partial charge on any atom is -0.494 e. The molecule has 0 aliphatic carbocycles. The van der Waals surface area contributed by atoms with Crippen LogP contribution in [-0.4, -0.2) is 32.8 Å². The minimum atomic E-state index is -3.87. The summed E-state index contributed by atoms with van der Waals surface area (Å²) in [4.78, 5) is 12.7. The molecule has 0 spiro atoms. The van der Waals surface area contributed by atoms with E-state index in [-0.39, 0.29) is 16.3 Å². The highest BCUT2D eigenvalue weighted by atomic mass is 32.2. The molecular weight excluding hydrogens is 386 g/mol. The maximum atomic E-state index is 12.2. The van der Waals surface area contributed by atoms with E-state index in [1.165, 1.54) is 30.5 Å². The summed E-state index contributed by atoms with van der Waals surface area (Å²) in [5.41, 5.74) is 0.136.